The minimum Gasteiger partial charge on any atom is -0.239 e. The molecular formula is C16H9ClF3N7. The van der Waals surface area contributed by atoms with Crippen molar-refractivity contribution in [3.05, 3.63) is 59.2 Å². The van der Waals surface area contributed by atoms with Gasteiger partial charge in [-0.2, -0.15) is 13.2 Å². The van der Waals surface area contributed by atoms with Crippen LogP contribution in [-0.2, 0) is 6.18 Å². The molecule has 0 aliphatic carbocycles. The van der Waals surface area contributed by atoms with Crippen LogP contribution in [-0.4, -0.2) is 35.6 Å². The average Bonchev–Trinajstić information content (AvgIpc) is 3.33. The lowest BCUT2D eigenvalue weighted by atomic mass is 10.1. The molecule has 0 spiro atoms. The molecule has 2 aromatic carbocycles. The summed E-state index contributed by atoms with van der Waals surface area (Å²) in [4.78, 5) is 0. The van der Waals surface area contributed by atoms with E-state index in [-0.39, 0.29) is 0 Å². The van der Waals surface area contributed by atoms with Gasteiger partial charge in [0.1, 0.15) is 0 Å². The fraction of sp³-hybridized carbons (Fsp3) is 0.0625. The first-order chi connectivity index (χ1) is 12.9. The number of H-pyrrole nitrogens is 1. The number of nitrogens with one attached hydrogen (secondary N) is 1. The summed E-state index contributed by atoms with van der Waals surface area (Å²) in [6, 6.07) is 9.84. The van der Waals surface area contributed by atoms with Gasteiger partial charge in [0.05, 0.1) is 23.1 Å². The van der Waals surface area contributed by atoms with Crippen molar-refractivity contribution in [2.45, 2.75) is 6.18 Å². The Balaban J connectivity index is 1.88. The molecule has 0 fully saturated rings. The molecule has 0 amide bonds. The summed E-state index contributed by atoms with van der Waals surface area (Å²) in [6.07, 6.45) is -3.08. The van der Waals surface area contributed by atoms with Crippen molar-refractivity contribution >= 4 is 11.6 Å². The van der Waals surface area contributed by atoms with E-state index in [0.29, 0.717) is 33.4 Å². The molecule has 136 valence electrons. The Morgan fingerprint density at radius 3 is 2.67 bits per heavy atom. The zero-order valence-electron chi connectivity index (χ0n) is 13.3. The number of aromatic nitrogens is 7. The first kappa shape index (κ1) is 17.2. The van der Waals surface area contributed by atoms with Gasteiger partial charge in [0.15, 0.2) is 5.82 Å². The molecule has 2 aromatic heterocycles. The smallest absolute Gasteiger partial charge is 0.239 e. The van der Waals surface area contributed by atoms with Crippen LogP contribution in [0, 0.1) is 0 Å². The fourth-order valence-corrected chi connectivity index (χ4v) is 2.78. The quantitative estimate of drug-likeness (QED) is 0.574. The largest absolute Gasteiger partial charge is 0.416 e. The van der Waals surface area contributed by atoms with Gasteiger partial charge in [-0.3, -0.25) is 0 Å². The second kappa shape index (κ2) is 6.47. The van der Waals surface area contributed by atoms with E-state index < -0.39 is 11.7 Å². The number of aromatic amines is 1. The van der Waals surface area contributed by atoms with Gasteiger partial charge in [-0.05, 0) is 40.8 Å². The van der Waals surface area contributed by atoms with Crippen molar-refractivity contribution in [1.29, 1.82) is 0 Å². The lowest BCUT2D eigenvalue weighted by Gasteiger charge is -2.12. The van der Waals surface area contributed by atoms with E-state index >= 15 is 0 Å². The van der Waals surface area contributed by atoms with Gasteiger partial charge in [0.25, 0.3) is 0 Å². The van der Waals surface area contributed by atoms with E-state index in [4.69, 9.17) is 11.6 Å². The lowest BCUT2D eigenvalue weighted by molar-refractivity contribution is -0.137. The zero-order chi connectivity index (χ0) is 19.0. The zero-order valence-corrected chi connectivity index (χ0v) is 14.1. The van der Waals surface area contributed by atoms with Gasteiger partial charge in [-0.1, -0.05) is 28.9 Å². The van der Waals surface area contributed by atoms with Gasteiger partial charge >= 0.3 is 6.18 Å². The normalized spacial score (nSPS) is 11.7. The van der Waals surface area contributed by atoms with Crippen LogP contribution < -0.4 is 0 Å². The fourth-order valence-electron chi connectivity index (χ4n) is 2.62. The molecule has 1 N–H and O–H groups in total. The molecule has 0 saturated heterocycles. The molecule has 7 nitrogen and oxygen atoms in total. The molecule has 2 heterocycles. The monoisotopic (exact) mass is 391 g/mol. The number of nitrogens with zero attached hydrogens (tertiary/aromatic N) is 6. The summed E-state index contributed by atoms with van der Waals surface area (Å²) >= 11 is 6.11. The highest BCUT2D eigenvalue weighted by atomic mass is 35.5. The second-order valence-corrected chi connectivity index (χ2v) is 5.96. The molecule has 11 heteroatoms. The van der Waals surface area contributed by atoms with E-state index in [9.17, 15) is 13.2 Å². The standard InChI is InChI=1S/C16H9ClF3N7/c17-11-4-5-12(15-22-24-25-23-15)13(7-11)27-14(8-21-26-27)9-2-1-3-10(6-9)16(18,19)20/h1-8H,(H,22,23,24,25). The minimum atomic E-state index is -4.46. The number of halogens is 4. The molecule has 0 aliphatic heterocycles. The van der Waals surface area contributed by atoms with Crippen molar-refractivity contribution in [3.8, 4) is 28.3 Å². The van der Waals surface area contributed by atoms with Crippen LogP contribution in [0.4, 0.5) is 13.2 Å². The maximum Gasteiger partial charge on any atom is 0.416 e. The molecule has 0 saturated carbocycles. The number of tetrazole rings is 1. The van der Waals surface area contributed by atoms with E-state index in [1.54, 1.807) is 24.3 Å². The summed E-state index contributed by atoms with van der Waals surface area (Å²) in [6.45, 7) is 0. The van der Waals surface area contributed by atoms with Crippen molar-refractivity contribution in [1.82, 2.24) is 35.6 Å². The third kappa shape index (κ3) is 3.26. The highest BCUT2D eigenvalue weighted by molar-refractivity contribution is 6.30. The molecule has 27 heavy (non-hydrogen) atoms. The van der Waals surface area contributed by atoms with Crippen molar-refractivity contribution in [2.24, 2.45) is 0 Å². The highest BCUT2D eigenvalue weighted by Crippen LogP contribution is 2.34. The molecule has 4 aromatic rings. The molecular weight excluding hydrogens is 383 g/mol. The SMILES string of the molecule is FC(F)(F)c1cccc(-c2cnnn2-c2cc(Cl)ccc2-c2nnn[nH]2)c1. The maximum atomic E-state index is 13.1. The third-order valence-corrected chi connectivity index (χ3v) is 4.06. The summed E-state index contributed by atoms with van der Waals surface area (Å²) in [5.41, 5.74) is 0.918. The predicted octanol–water partition coefficient (Wildman–Crippen LogP) is 3.79. The summed E-state index contributed by atoms with van der Waals surface area (Å²) < 4.78 is 40.6. The first-order valence-corrected chi connectivity index (χ1v) is 7.93. The second-order valence-electron chi connectivity index (χ2n) is 5.52. The predicted molar refractivity (Wildman–Crippen MR) is 90.0 cm³/mol. The first-order valence-electron chi connectivity index (χ1n) is 7.56. The van der Waals surface area contributed by atoms with E-state index in [0.717, 1.165) is 12.1 Å². The Hall–Kier alpha value is -3.27. The molecule has 0 bridgehead atoms. The Kier molecular flexibility index (Phi) is 4.11. The maximum absolute atomic E-state index is 13.1. The Bertz CT molecular complexity index is 1090. The average molecular weight is 392 g/mol. The van der Waals surface area contributed by atoms with Crippen LogP contribution >= 0.6 is 11.6 Å². The number of benzene rings is 2. The van der Waals surface area contributed by atoms with E-state index in [2.05, 4.69) is 30.9 Å². The highest BCUT2D eigenvalue weighted by Gasteiger charge is 2.30. The van der Waals surface area contributed by atoms with E-state index in [1.807, 2.05) is 0 Å². The lowest BCUT2D eigenvalue weighted by Crippen LogP contribution is -2.06. The van der Waals surface area contributed by atoms with Crippen LogP contribution in [0.25, 0.3) is 28.3 Å². The van der Waals surface area contributed by atoms with Crippen molar-refractivity contribution in [2.75, 3.05) is 0 Å². The number of rotatable bonds is 3. The van der Waals surface area contributed by atoms with Crippen LogP contribution in [0.2, 0.25) is 5.02 Å². The van der Waals surface area contributed by atoms with Crippen LogP contribution in [0.3, 0.4) is 0 Å². The number of hydrogen-bond acceptors (Lipinski definition) is 5. The van der Waals surface area contributed by atoms with Gasteiger partial charge in [-0.25, -0.2) is 9.78 Å². The van der Waals surface area contributed by atoms with Gasteiger partial charge in [0, 0.05) is 16.1 Å². The van der Waals surface area contributed by atoms with Gasteiger partial charge in [0.2, 0.25) is 0 Å². The summed E-state index contributed by atoms with van der Waals surface area (Å²) in [7, 11) is 0. The summed E-state index contributed by atoms with van der Waals surface area (Å²) in [5, 5.41) is 21.8. The topological polar surface area (TPSA) is 85.2 Å². The molecule has 0 unspecified atom stereocenters. The molecule has 0 radical (unpaired) electrons. The molecule has 0 atom stereocenters. The number of alkyl halides is 3. The Morgan fingerprint density at radius 2 is 1.93 bits per heavy atom. The van der Waals surface area contributed by atoms with Crippen molar-refractivity contribution in [3.63, 3.8) is 0 Å². The van der Waals surface area contributed by atoms with E-state index in [1.165, 1.54) is 16.9 Å². The minimum absolute atomic E-state index is 0.302. The molecule has 0 aliphatic rings. The third-order valence-electron chi connectivity index (χ3n) is 3.82. The van der Waals surface area contributed by atoms with Crippen LogP contribution in [0.1, 0.15) is 5.56 Å². The molecule has 4 rings (SSSR count). The van der Waals surface area contributed by atoms with Gasteiger partial charge in [-0.15, -0.1) is 10.2 Å². The van der Waals surface area contributed by atoms with Gasteiger partial charge < -0.3 is 0 Å². The van der Waals surface area contributed by atoms with Crippen LogP contribution in [0.5, 0.6) is 0 Å². The Labute approximate surface area is 154 Å². The van der Waals surface area contributed by atoms with Crippen molar-refractivity contribution < 1.29 is 13.2 Å². The Morgan fingerprint density at radius 1 is 1.07 bits per heavy atom. The number of hydrogen-bond donors (Lipinski definition) is 1. The van der Waals surface area contributed by atoms with Crippen LogP contribution in [0.15, 0.2) is 48.7 Å². The summed E-state index contributed by atoms with van der Waals surface area (Å²) in [5.74, 6) is 0.354.